The number of hydrogen-bond acceptors (Lipinski definition) is 2. The SMILES string of the molecule is C1CC[Si]OC1.Cc1ccccc1/C=C/NC(N)=O. The predicted octanol–water partition coefficient (Wildman–Crippen LogP) is 2.47. The maximum atomic E-state index is 10.3. The van der Waals surface area contributed by atoms with Gasteiger partial charge < -0.3 is 15.5 Å². The summed E-state index contributed by atoms with van der Waals surface area (Å²) < 4.78 is 5.10. The maximum Gasteiger partial charge on any atom is 0.316 e. The van der Waals surface area contributed by atoms with Crippen molar-refractivity contribution in [2.45, 2.75) is 25.8 Å². The van der Waals surface area contributed by atoms with Gasteiger partial charge in [0.2, 0.25) is 9.76 Å². The van der Waals surface area contributed by atoms with Crippen molar-refractivity contribution in [1.29, 1.82) is 0 Å². The molecule has 0 spiro atoms. The Balaban J connectivity index is 0.000000250. The van der Waals surface area contributed by atoms with E-state index in [1.54, 1.807) is 6.08 Å². The number of nitrogens with one attached hydrogen (secondary N) is 1. The molecule has 1 saturated heterocycles. The number of primary amides is 1. The summed E-state index contributed by atoms with van der Waals surface area (Å²) in [6.45, 7) is 3.02. The van der Waals surface area contributed by atoms with Gasteiger partial charge in [-0.25, -0.2) is 4.79 Å². The number of carbonyl (C=O) groups excluding carboxylic acids is 1. The van der Waals surface area contributed by atoms with Gasteiger partial charge in [-0.05, 0) is 36.6 Å². The van der Waals surface area contributed by atoms with E-state index in [1.165, 1.54) is 25.1 Å². The molecule has 19 heavy (non-hydrogen) atoms. The quantitative estimate of drug-likeness (QED) is 0.815. The summed E-state index contributed by atoms with van der Waals surface area (Å²) in [7, 11) is 0.802. The molecule has 102 valence electrons. The Labute approximate surface area is 117 Å². The van der Waals surface area contributed by atoms with Gasteiger partial charge in [0.1, 0.15) is 0 Å². The third kappa shape index (κ3) is 7.43. The minimum atomic E-state index is -0.551. The van der Waals surface area contributed by atoms with Gasteiger partial charge in [0.05, 0.1) is 0 Å². The zero-order valence-corrected chi connectivity index (χ0v) is 12.2. The molecule has 0 atom stereocenters. The van der Waals surface area contributed by atoms with E-state index in [0.29, 0.717) is 0 Å². The first-order chi connectivity index (χ1) is 9.20. The lowest BCUT2D eigenvalue weighted by Crippen LogP contribution is -2.23. The minimum Gasteiger partial charge on any atom is -0.417 e. The van der Waals surface area contributed by atoms with Crippen molar-refractivity contribution < 1.29 is 9.22 Å². The molecule has 1 fully saturated rings. The van der Waals surface area contributed by atoms with Crippen LogP contribution in [0, 0.1) is 6.92 Å². The van der Waals surface area contributed by atoms with Gasteiger partial charge >= 0.3 is 6.03 Å². The monoisotopic (exact) mass is 276 g/mol. The van der Waals surface area contributed by atoms with Gasteiger partial charge in [-0.15, -0.1) is 0 Å². The molecule has 0 aromatic heterocycles. The van der Waals surface area contributed by atoms with E-state index in [9.17, 15) is 4.79 Å². The Morgan fingerprint density at radius 1 is 1.42 bits per heavy atom. The number of nitrogens with two attached hydrogens (primary N) is 1. The van der Waals surface area contributed by atoms with Crippen LogP contribution in [0.2, 0.25) is 6.04 Å². The molecule has 2 amide bonds. The van der Waals surface area contributed by atoms with Crippen molar-refractivity contribution in [2.24, 2.45) is 5.73 Å². The Kier molecular flexibility index (Phi) is 7.61. The van der Waals surface area contributed by atoms with E-state index in [4.69, 9.17) is 10.2 Å². The summed E-state index contributed by atoms with van der Waals surface area (Å²) in [6, 6.07) is 8.63. The van der Waals surface area contributed by atoms with Crippen LogP contribution in [0.4, 0.5) is 4.79 Å². The molecular formula is C14H20N2O2Si. The number of urea groups is 1. The van der Waals surface area contributed by atoms with Crippen LogP contribution in [0.5, 0.6) is 0 Å². The first kappa shape index (κ1) is 15.5. The summed E-state index contributed by atoms with van der Waals surface area (Å²) in [5, 5.41) is 2.38. The highest BCUT2D eigenvalue weighted by molar-refractivity contribution is 6.27. The van der Waals surface area contributed by atoms with Crippen LogP contribution < -0.4 is 11.1 Å². The first-order valence-corrected chi connectivity index (χ1v) is 7.44. The summed E-state index contributed by atoms with van der Waals surface area (Å²) in [4.78, 5) is 10.3. The largest absolute Gasteiger partial charge is 0.417 e. The normalized spacial score (nSPS) is 14.6. The van der Waals surface area contributed by atoms with Gasteiger partial charge in [-0.2, -0.15) is 0 Å². The van der Waals surface area contributed by atoms with Crippen LogP contribution in [0.3, 0.4) is 0 Å². The molecule has 2 rings (SSSR count). The van der Waals surface area contributed by atoms with E-state index >= 15 is 0 Å². The van der Waals surface area contributed by atoms with Crippen molar-refractivity contribution in [3.05, 3.63) is 41.6 Å². The molecule has 4 nitrogen and oxygen atoms in total. The molecule has 2 radical (unpaired) electrons. The van der Waals surface area contributed by atoms with Crippen molar-refractivity contribution in [1.82, 2.24) is 5.32 Å². The van der Waals surface area contributed by atoms with Crippen LogP contribution in [-0.4, -0.2) is 22.4 Å². The fraction of sp³-hybridized carbons (Fsp3) is 0.357. The molecule has 0 unspecified atom stereocenters. The third-order valence-electron chi connectivity index (χ3n) is 2.55. The number of carbonyl (C=O) groups is 1. The second-order valence-corrected chi connectivity index (χ2v) is 5.23. The van der Waals surface area contributed by atoms with E-state index in [0.717, 1.165) is 27.5 Å². The number of benzene rings is 1. The minimum absolute atomic E-state index is 0.551. The molecule has 0 bridgehead atoms. The molecule has 1 aromatic rings. The van der Waals surface area contributed by atoms with Crippen LogP contribution in [0.25, 0.3) is 6.08 Å². The first-order valence-electron chi connectivity index (χ1n) is 6.33. The lowest BCUT2D eigenvalue weighted by molar-refractivity contribution is 0.252. The molecule has 0 aliphatic carbocycles. The van der Waals surface area contributed by atoms with Crippen molar-refractivity contribution in [3.63, 3.8) is 0 Å². The number of hydrogen-bond donors (Lipinski definition) is 2. The maximum absolute atomic E-state index is 10.3. The van der Waals surface area contributed by atoms with Crippen molar-refractivity contribution >= 4 is 21.9 Å². The van der Waals surface area contributed by atoms with Crippen LogP contribution in [0.15, 0.2) is 30.5 Å². The zero-order chi connectivity index (χ0) is 13.9. The average Bonchev–Trinajstić information content (AvgIpc) is 2.43. The standard InChI is InChI=1S/C10H12N2O.C4H8OSi/c1-8-4-2-3-5-9(8)6-7-12-10(11)13;1-2-4-6-5-3-1/h2-7H,1H3,(H3,11,12,13);1-4H2/b7-6+;. The molecule has 1 aromatic carbocycles. The van der Waals surface area contributed by atoms with Crippen molar-refractivity contribution in [2.75, 3.05) is 6.61 Å². The van der Waals surface area contributed by atoms with Gasteiger partial charge in [0, 0.05) is 12.8 Å². The number of aryl methyl sites for hydroxylation is 1. The highest BCUT2D eigenvalue weighted by atomic mass is 28.2. The second kappa shape index (κ2) is 9.35. The Hall–Kier alpha value is -1.59. The number of amides is 2. The smallest absolute Gasteiger partial charge is 0.316 e. The Bertz CT molecular complexity index is 406. The van der Waals surface area contributed by atoms with E-state index in [2.05, 4.69) is 5.32 Å². The van der Waals surface area contributed by atoms with Crippen molar-refractivity contribution in [3.8, 4) is 0 Å². The third-order valence-corrected chi connectivity index (χ3v) is 3.52. The number of rotatable bonds is 2. The lowest BCUT2D eigenvalue weighted by atomic mass is 10.1. The fourth-order valence-corrected chi connectivity index (χ4v) is 2.33. The molecule has 5 heteroatoms. The topological polar surface area (TPSA) is 64.3 Å². The van der Waals surface area contributed by atoms with E-state index in [1.807, 2.05) is 31.2 Å². The molecule has 1 aliphatic rings. The van der Waals surface area contributed by atoms with Gasteiger partial charge in [0.15, 0.2) is 0 Å². The Morgan fingerprint density at radius 3 is 2.68 bits per heavy atom. The Morgan fingerprint density at radius 2 is 2.21 bits per heavy atom. The van der Waals surface area contributed by atoms with Crippen LogP contribution in [0.1, 0.15) is 24.0 Å². The van der Waals surface area contributed by atoms with Gasteiger partial charge in [0.25, 0.3) is 0 Å². The van der Waals surface area contributed by atoms with E-state index in [-0.39, 0.29) is 0 Å². The molecule has 3 N–H and O–H groups in total. The molecule has 1 aliphatic heterocycles. The summed E-state index contributed by atoms with van der Waals surface area (Å²) in [5.41, 5.74) is 7.12. The lowest BCUT2D eigenvalue weighted by Gasteiger charge is -2.06. The highest BCUT2D eigenvalue weighted by Crippen LogP contribution is 2.07. The highest BCUT2D eigenvalue weighted by Gasteiger charge is 1.97. The van der Waals surface area contributed by atoms with Gasteiger partial charge in [-0.1, -0.05) is 30.7 Å². The zero-order valence-electron chi connectivity index (χ0n) is 11.2. The molecule has 0 saturated carbocycles. The molecule has 1 heterocycles. The summed E-state index contributed by atoms with van der Waals surface area (Å²) >= 11 is 0. The predicted molar refractivity (Wildman–Crippen MR) is 78.7 cm³/mol. The second-order valence-electron chi connectivity index (χ2n) is 4.15. The van der Waals surface area contributed by atoms with Gasteiger partial charge in [-0.3, -0.25) is 0 Å². The fourth-order valence-electron chi connectivity index (χ4n) is 1.50. The summed E-state index contributed by atoms with van der Waals surface area (Å²) in [6.07, 6.45) is 6.01. The average molecular weight is 276 g/mol. The van der Waals surface area contributed by atoms with E-state index < -0.39 is 6.03 Å². The van der Waals surface area contributed by atoms with Crippen LogP contribution in [-0.2, 0) is 4.43 Å². The summed E-state index contributed by atoms with van der Waals surface area (Å²) in [5.74, 6) is 0. The van der Waals surface area contributed by atoms with Crippen LogP contribution >= 0.6 is 0 Å². The molecular weight excluding hydrogens is 256 g/mol.